The van der Waals surface area contributed by atoms with Crippen LogP contribution in [0.2, 0.25) is 0 Å². The summed E-state index contributed by atoms with van der Waals surface area (Å²) in [7, 11) is 0. The summed E-state index contributed by atoms with van der Waals surface area (Å²) in [5.41, 5.74) is 0.347. The van der Waals surface area contributed by atoms with Crippen molar-refractivity contribution in [2.45, 2.75) is 44.7 Å². The average Bonchev–Trinajstić information content (AvgIpc) is 2.53. The Morgan fingerprint density at radius 3 is 2.64 bits per heavy atom. The molecule has 1 aliphatic heterocycles. The van der Waals surface area contributed by atoms with Gasteiger partial charge in [-0.15, -0.1) is 0 Å². The Kier molecular flexibility index (Phi) is 7.24. The Hall–Kier alpha value is -1.61. The first kappa shape index (κ1) is 19.7. The van der Waals surface area contributed by atoms with E-state index in [2.05, 4.69) is 10.6 Å². The number of nitrogens with one attached hydrogen (secondary N) is 2. The molecule has 25 heavy (non-hydrogen) atoms. The number of carbonyl (C=O) groups is 1. The SMILES string of the molecule is CCOC1CNC([C@@H](O)[C@H](Cc2cc(F)cc(F)c2)NC(C)=O)CO1. The molecule has 6 nitrogen and oxygen atoms in total. The van der Waals surface area contributed by atoms with Crippen LogP contribution >= 0.6 is 0 Å². The molecular weight excluding hydrogens is 334 g/mol. The first-order chi connectivity index (χ1) is 11.9. The normalized spacial score (nSPS) is 23.1. The third-order valence-corrected chi connectivity index (χ3v) is 3.95. The van der Waals surface area contributed by atoms with Crippen molar-refractivity contribution in [1.82, 2.24) is 10.6 Å². The lowest BCUT2D eigenvalue weighted by atomic mass is 9.95. The fraction of sp³-hybridized carbons (Fsp3) is 0.588. The van der Waals surface area contributed by atoms with Gasteiger partial charge >= 0.3 is 0 Å². The topological polar surface area (TPSA) is 79.8 Å². The number of carbonyl (C=O) groups excluding carboxylic acids is 1. The van der Waals surface area contributed by atoms with Crippen LogP contribution in [0.4, 0.5) is 8.78 Å². The highest BCUT2D eigenvalue weighted by Crippen LogP contribution is 2.15. The van der Waals surface area contributed by atoms with Gasteiger partial charge in [0.05, 0.1) is 24.8 Å². The van der Waals surface area contributed by atoms with E-state index in [1.807, 2.05) is 6.92 Å². The molecule has 2 rings (SSSR count). The lowest BCUT2D eigenvalue weighted by Gasteiger charge is -2.36. The Morgan fingerprint density at radius 1 is 1.44 bits per heavy atom. The highest BCUT2D eigenvalue weighted by molar-refractivity contribution is 5.73. The summed E-state index contributed by atoms with van der Waals surface area (Å²) in [4.78, 5) is 11.5. The van der Waals surface area contributed by atoms with Gasteiger partial charge in [-0.3, -0.25) is 4.79 Å². The van der Waals surface area contributed by atoms with Gasteiger partial charge in [0, 0.05) is 26.1 Å². The maximum absolute atomic E-state index is 13.4. The van der Waals surface area contributed by atoms with Gasteiger partial charge in [-0.1, -0.05) is 0 Å². The first-order valence-electron chi connectivity index (χ1n) is 8.25. The van der Waals surface area contributed by atoms with E-state index in [4.69, 9.17) is 9.47 Å². The Balaban J connectivity index is 2.04. The molecule has 0 spiro atoms. The summed E-state index contributed by atoms with van der Waals surface area (Å²) in [6.07, 6.45) is -1.30. The van der Waals surface area contributed by atoms with Crippen LogP contribution in [0.15, 0.2) is 18.2 Å². The smallest absolute Gasteiger partial charge is 0.217 e. The number of hydrogen-bond donors (Lipinski definition) is 3. The number of halogens is 2. The molecule has 1 aromatic rings. The summed E-state index contributed by atoms with van der Waals surface area (Å²) >= 11 is 0. The second-order valence-electron chi connectivity index (χ2n) is 6.01. The monoisotopic (exact) mass is 358 g/mol. The van der Waals surface area contributed by atoms with E-state index in [1.54, 1.807) is 0 Å². The number of rotatable bonds is 7. The van der Waals surface area contributed by atoms with Crippen LogP contribution in [0.3, 0.4) is 0 Å². The van der Waals surface area contributed by atoms with Crippen LogP contribution in [-0.4, -0.2) is 55.2 Å². The van der Waals surface area contributed by atoms with Gasteiger partial charge in [-0.25, -0.2) is 8.78 Å². The molecule has 1 aromatic carbocycles. The molecule has 8 heteroatoms. The van der Waals surface area contributed by atoms with Gasteiger partial charge in [-0.2, -0.15) is 0 Å². The molecule has 3 N–H and O–H groups in total. The molecule has 0 aromatic heterocycles. The van der Waals surface area contributed by atoms with Gasteiger partial charge in [0.2, 0.25) is 5.91 Å². The highest BCUT2D eigenvalue weighted by atomic mass is 19.1. The van der Waals surface area contributed by atoms with Crippen molar-refractivity contribution in [2.75, 3.05) is 19.8 Å². The molecule has 1 amide bonds. The largest absolute Gasteiger partial charge is 0.389 e. The summed E-state index contributed by atoms with van der Waals surface area (Å²) in [5, 5.41) is 16.4. The molecular formula is C17H24F2N2O4. The molecule has 0 radical (unpaired) electrons. The molecule has 140 valence electrons. The minimum Gasteiger partial charge on any atom is -0.389 e. The van der Waals surface area contributed by atoms with Gasteiger partial charge in [0.1, 0.15) is 11.6 Å². The average molecular weight is 358 g/mol. The van der Waals surface area contributed by atoms with E-state index in [9.17, 15) is 18.7 Å². The zero-order valence-corrected chi connectivity index (χ0v) is 14.3. The van der Waals surface area contributed by atoms with Gasteiger partial charge in [-0.05, 0) is 31.0 Å². The third-order valence-electron chi connectivity index (χ3n) is 3.95. The number of hydrogen-bond acceptors (Lipinski definition) is 5. The van der Waals surface area contributed by atoms with Gasteiger partial charge in [0.15, 0.2) is 6.29 Å². The predicted molar refractivity (Wildman–Crippen MR) is 86.8 cm³/mol. The zero-order chi connectivity index (χ0) is 18.4. The number of aliphatic hydroxyl groups is 1. The fourth-order valence-electron chi connectivity index (χ4n) is 2.87. The molecule has 1 aliphatic rings. The van der Waals surface area contributed by atoms with Crippen LogP contribution in [0.25, 0.3) is 0 Å². The number of benzene rings is 1. The molecule has 2 unspecified atom stereocenters. The quantitative estimate of drug-likeness (QED) is 0.670. The summed E-state index contributed by atoms with van der Waals surface area (Å²) in [6.45, 7) is 4.28. The molecule has 1 fully saturated rings. The standard InChI is InChI=1S/C17H24F2N2O4/c1-3-24-16-8-20-15(9-25-16)17(23)14(21-10(2)22)6-11-4-12(18)7-13(19)5-11/h4-5,7,14-17,20,23H,3,6,8-9H2,1-2H3,(H,21,22)/t14-,15?,16?,17-/m0/s1. The minimum atomic E-state index is -1.00. The van der Waals surface area contributed by atoms with Crippen molar-refractivity contribution in [3.05, 3.63) is 35.4 Å². The molecule has 0 aliphatic carbocycles. The van der Waals surface area contributed by atoms with Gasteiger partial charge < -0.3 is 25.2 Å². The van der Waals surface area contributed by atoms with Crippen LogP contribution in [0.1, 0.15) is 19.4 Å². The highest BCUT2D eigenvalue weighted by Gasteiger charge is 2.32. The Bertz CT molecular complexity index is 560. The van der Waals surface area contributed by atoms with Crippen LogP contribution in [0.5, 0.6) is 0 Å². The van der Waals surface area contributed by atoms with E-state index in [0.29, 0.717) is 18.7 Å². The number of ether oxygens (including phenoxy) is 2. The van der Waals surface area contributed by atoms with Gasteiger partial charge in [0.25, 0.3) is 0 Å². The van der Waals surface area contributed by atoms with Crippen molar-refractivity contribution in [3.63, 3.8) is 0 Å². The third kappa shape index (κ3) is 6.00. The van der Waals surface area contributed by atoms with Crippen LogP contribution in [0, 0.1) is 11.6 Å². The summed E-state index contributed by atoms with van der Waals surface area (Å²) in [6, 6.07) is 1.98. The minimum absolute atomic E-state index is 0.0858. The molecule has 1 heterocycles. The Morgan fingerprint density at radius 2 is 2.12 bits per heavy atom. The van der Waals surface area contributed by atoms with Crippen molar-refractivity contribution in [1.29, 1.82) is 0 Å². The van der Waals surface area contributed by atoms with Crippen molar-refractivity contribution < 1.29 is 28.2 Å². The zero-order valence-electron chi connectivity index (χ0n) is 14.3. The van der Waals surface area contributed by atoms with Crippen molar-refractivity contribution in [3.8, 4) is 0 Å². The maximum Gasteiger partial charge on any atom is 0.217 e. The molecule has 0 bridgehead atoms. The summed E-state index contributed by atoms with van der Waals surface area (Å²) in [5.74, 6) is -1.75. The lowest BCUT2D eigenvalue weighted by molar-refractivity contribution is -0.169. The molecule has 0 saturated carbocycles. The van der Waals surface area contributed by atoms with E-state index in [1.165, 1.54) is 19.1 Å². The lowest BCUT2D eigenvalue weighted by Crippen LogP contribution is -2.59. The molecule has 4 atom stereocenters. The van der Waals surface area contributed by atoms with E-state index >= 15 is 0 Å². The predicted octanol–water partition coefficient (Wildman–Crippen LogP) is 0.724. The van der Waals surface area contributed by atoms with Crippen LogP contribution in [-0.2, 0) is 20.7 Å². The summed E-state index contributed by atoms with van der Waals surface area (Å²) < 4.78 is 37.6. The maximum atomic E-state index is 13.4. The molecule has 1 saturated heterocycles. The number of aliphatic hydroxyl groups excluding tert-OH is 1. The van der Waals surface area contributed by atoms with Crippen molar-refractivity contribution in [2.24, 2.45) is 0 Å². The van der Waals surface area contributed by atoms with E-state index in [-0.39, 0.29) is 25.2 Å². The first-order valence-corrected chi connectivity index (χ1v) is 8.25. The Labute approximate surface area is 145 Å². The number of amides is 1. The van der Waals surface area contributed by atoms with E-state index in [0.717, 1.165) is 6.07 Å². The second-order valence-corrected chi connectivity index (χ2v) is 6.01. The number of morpholine rings is 1. The fourth-order valence-corrected chi connectivity index (χ4v) is 2.87. The second kappa shape index (κ2) is 9.19. The van der Waals surface area contributed by atoms with Crippen LogP contribution < -0.4 is 10.6 Å². The van der Waals surface area contributed by atoms with E-state index < -0.39 is 29.8 Å². The van der Waals surface area contributed by atoms with Crippen molar-refractivity contribution >= 4 is 5.91 Å².